The highest BCUT2D eigenvalue weighted by molar-refractivity contribution is 5.98. The summed E-state index contributed by atoms with van der Waals surface area (Å²) in [6.07, 6.45) is -1.54. The molecule has 4 heteroatoms. The predicted octanol–water partition coefficient (Wildman–Crippen LogP) is 3.31. The van der Waals surface area contributed by atoms with E-state index in [1.54, 1.807) is 18.2 Å². The van der Waals surface area contributed by atoms with E-state index in [0.717, 1.165) is 10.8 Å². The Balaban J connectivity index is 2.30. The third-order valence-corrected chi connectivity index (χ3v) is 2.32. The molecule has 0 unspecified atom stereocenters. The van der Waals surface area contributed by atoms with E-state index < -0.39 is 12.0 Å². The predicted molar refractivity (Wildman–Crippen MR) is 61.7 cm³/mol. The molecule has 17 heavy (non-hydrogen) atoms. The largest absolute Gasteiger partial charge is 0.323 e. The van der Waals surface area contributed by atoms with Crippen molar-refractivity contribution >= 4 is 16.7 Å². The smallest absolute Gasteiger partial charge is 0.286 e. The van der Waals surface area contributed by atoms with Gasteiger partial charge in [0.1, 0.15) is 0 Å². The van der Waals surface area contributed by atoms with Crippen LogP contribution in [0.15, 0.2) is 54.7 Å². The molecule has 1 amide bonds. The Kier molecular flexibility index (Phi) is 3.14. The van der Waals surface area contributed by atoms with Gasteiger partial charge in [0, 0.05) is 5.56 Å². The lowest BCUT2D eigenvalue weighted by molar-refractivity contribution is 0.0968. The molecule has 0 aliphatic heterocycles. The fraction of sp³-hybridized carbons (Fsp3) is 0. The average molecular weight is 233 g/mol. The van der Waals surface area contributed by atoms with Crippen molar-refractivity contribution in [3.05, 3.63) is 60.3 Å². The minimum atomic E-state index is -1.93. The number of halogens is 2. The van der Waals surface area contributed by atoms with Crippen molar-refractivity contribution < 1.29 is 13.6 Å². The number of hydrogen-bond acceptors (Lipinski definition) is 1. The fourth-order valence-corrected chi connectivity index (χ4v) is 1.53. The standard InChI is InChI=1S/C13H9F2NO/c14-12(15)8-16-13(17)11-6-5-9-3-1-2-4-10(9)7-11/h1-8H,(H,16,17). The first-order chi connectivity index (χ1) is 8.16. The first kappa shape index (κ1) is 11.3. The second kappa shape index (κ2) is 4.74. The van der Waals surface area contributed by atoms with Gasteiger partial charge in [-0.05, 0) is 22.9 Å². The van der Waals surface area contributed by atoms with Crippen LogP contribution in [0.25, 0.3) is 10.8 Å². The van der Waals surface area contributed by atoms with Crippen LogP contribution in [0.5, 0.6) is 0 Å². The van der Waals surface area contributed by atoms with Gasteiger partial charge >= 0.3 is 0 Å². The van der Waals surface area contributed by atoms with Crippen molar-refractivity contribution in [2.45, 2.75) is 0 Å². The lowest BCUT2D eigenvalue weighted by Gasteiger charge is -2.02. The van der Waals surface area contributed by atoms with Gasteiger partial charge in [-0.15, -0.1) is 0 Å². The van der Waals surface area contributed by atoms with Gasteiger partial charge in [-0.2, -0.15) is 8.78 Å². The lowest BCUT2D eigenvalue weighted by Crippen LogP contribution is -2.17. The monoisotopic (exact) mass is 233 g/mol. The molecule has 0 aromatic heterocycles. The molecule has 2 rings (SSSR count). The summed E-state index contributed by atoms with van der Waals surface area (Å²) in [5.41, 5.74) is 0.348. The van der Waals surface area contributed by atoms with Crippen molar-refractivity contribution in [3.8, 4) is 0 Å². The van der Waals surface area contributed by atoms with Crippen LogP contribution in [0.1, 0.15) is 10.4 Å². The summed E-state index contributed by atoms with van der Waals surface area (Å²) in [6.45, 7) is 0. The van der Waals surface area contributed by atoms with Gasteiger partial charge < -0.3 is 5.32 Å². The molecule has 0 atom stereocenters. The van der Waals surface area contributed by atoms with Gasteiger partial charge in [0.15, 0.2) is 0 Å². The van der Waals surface area contributed by atoms with Gasteiger partial charge in [-0.25, -0.2) is 0 Å². The van der Waals surface area contributed by atoms with E-state index in [2.05, 4.69) is 0 Å². The summed E-state index contributed by atoms with van der Waals surface area (Å²) in [4.78, 5) is 11.5. The zero-order valence-electron chi connectivity index (χ0n) is 8.78. The van der Waals surface area contributed by atoms with Crippen LogP contribution >= 0.6 is 0 Å². The molecule has 2 aromatic carbocycles. The van der Waals surface area contributed by atoms with Crippen molar-refractivity contribution in [1.82, 2.24) is 5.32 Å². The topological polar surface area (TPSA) is 29.1 Å². The molecular weight excluding hydrogens is 224 g/mol. The van der Waals surface area contributed by atoms with Crippen LogP contribution < -0.4 is 5.32 Å². The first-order valence-corrected chi connectivity index (χ1v) is 4.97. The SMILES string of the molecule is O=C(NC=C(F)F)c1ccc2ccccc2c1. The van der Waals surface area contributed by atoms with E-state index in [1.165, 1.54) is 0 Å². The van der Waals surface area contributed by atoms with E-state index in [9.17, 15) is 13.6 Å². The van der Waals surface area contributed by atoms with Crippen LogP contribution in [0.3, 0.4) is 0 Å². The van der Waals surface area contributed by atoms with Gasteiger partial charge in [-0.3, -0.25) is 4.79 Å². The van der Waals surface area contributed by atoms with Crippen LogP contribution in [0, 0.1) is 0 Å². The second-order valence-corrected chi connectivity index (χ2v) is 3.47. The number of benzene rings is 2. The zero-order valence-corrected chi connectivity index (χ0v) is 8.78. The number of rotatable bonds is 2. The third-order valence-electron chi connectivity index (χ3n) is 2.32. The summed E-state index contributed by atoms with van der Waals surface area (Å²) in [5.74, 6) is -0.552. The molecule has 2 aromatic rings. The van der Waals surface area contributed by atoms with Gasteiger partial charge in [0.2, 0.25) is 0 Å². The minimum absolute atomic E-state index is 0.348. The molecular formula is C13H9F2NO. The van der Waals surface area contributed by atoms with E-state index in [-0.39, 0.29) is 0 Å². The van der Waals surface area contributed by atoms with Crippen molar-refractivity contribution in [2.24, 2.45) is 0 Å². The molecule has 0 spiro atoms. The van der Waals surface area contributed by atoms with Gasteiger partial charge in [-0.1, -0.05) is 30.3 Å². The molecule has 1 N–H and O–H groups in total. The molecule has 0 fully saturated rings. The summed E-state index contributed by atoms with van der Waals surface area (Å²) >= 11 is 0. The van der Waals surface area contributed by atoms with Crippen molar-refractivity contribution in [3.63, 3.8) is 0 Å². The van der Waals surface area contributed by atoms with Crippen molar-refractivity contribution in [1.29, 1.82) is 0 Å². The van der Waals surface area contributed by atoms with Crippen LogP contribution in [-0.4, -0.2) is 5.91 Å². The number of fused-ring (bicyclic) bond motifs is 1. The summed E-state index contributed by atoms with van der Waals surface area (Å²) < 4.78 is 23.6. The molecule has 0 saturated heterocycles. The van der Waals surface area contributed by atoms with Crippen molar-refractivity contribution in [2.75, 3.05) is 0 Å². The normalized spacial score (nSPS) is 10.0. The van der Waals surface area contributed by atoms with E-state index >= 15 is 0 Å². The van der Waals surface area contributed by atoms with E-state index in [4.69, 9.17) is 0 Å². The van der Waals surface area contributed by atoms with E-state index in [1.807, 2.05) is 29.6 Å². The van der Waals surface area contributed by atoms with Crippen LogP contribution in [0.2, 0.25) is 0 Å². The first-order valence-electron chi connectivity index (χ1n) is 4.97. The maximum Gasteiger partial charge on any atom is 0.286 e. The number of carbonyl (C=O) groups is 1. The maximum absolute atomic E-state index is 11.8. The Hall–Kier alpha value is -2.23. The molecule has 0 aliphatic rings. The van der Waals surface area contributed by atoms with Crippen LogP contribution in [0.4, 0.5) is 8.78 Å². The molecule has 0 aliphatic carbocycles. The summed E-state index contributed by atoms with van der Waals surface area (Å²) in [7, 11) is 0. The highest BCUT2D eigenvalue weighted by Crippen LogP contribution is 2.15. The quantitative estimate of drug-likeness (QED) is 0.847. The Morgan fingerprint density at radius 3 is 2.47 bits per heavy atom. The van der Waals surface area contributed by atoms with Gasteiger partial charge in [0.25, 0.3) is 12.0 Å². The fourth-order valence-electron chi connectivity index (χ4n) is 1.53. The molecule has 2 nitrogen and oxygen atoms in total. The number of hydrogen-bond donors (Lipinski definition) is 1. The Labute approximate surface area is 96.6 Å². The third kappa shape index (κ3) is 2.66. The molecule has 0 radical (unpaired) electrons. The average Bonchev–Trinajstić information content (AvgIpc) is 2.35. The Morgan fingerprint density at radius 1 is 1.06 bits per heavy atom. The highest BCUT2D eigenvalue weighted by Gasteiger charge is 2.04. The molecule has 86 valence electrons. The maximum atomic E-state index is 11.8. The molecule has 0 heterocycles. The Bertz CT molecular complexity index is 589. The number of amides is 1. The van der Waals surface area contributed by atoms with Crippen LogP contribution in [-0.2, 0) is 0 Å². The van der Waals surface area contributed by atoms with E-state index in [0.29, 0.717) is 11.8 Å². The zero-order chi connectivity index (χ0) is 12.3. The number of nitrogens with one attached hydrogen (secondary N) is 1. The van der Waals surface area contributed by atoms with Gasteiger partial charge in [0.05, 0.1) is 6.20 Å². The lowest BCUT2D eigenvalue weighted by atomic mass is 10.1. The minimum Gasteiger partial charge on any atom is -0.323 e. The second-order valence-electron chi connectivity index (χ2n) is 3.47. The molecule has 0 bridgehead atoms. The number of carbonyl (C=O) groups excluding carboxylic acids is 1. The summed E-state index contributed by atoms with van der Waals surface area (Å²) in [5, 5.41) is 3.90. The Morgan fingerprint density at radius 2 is 1.76 bits per heavy atom. The summed E-state index contributed by atoms with van der Waals surface area (Å²) in [6, 6.07) is 12.6. The highest BCUT2D eigenvalue weighted by atomic mass is 19.3. The molecule has 0 saturated carbocycles.